The van der Waals surface area contributed by atoms with Gasteiger partial charge in [0, 0.05) is 7.05 Å². The summed E-state index contributed by atoms with van der Waals surface area (Å²) in [5.74, 6) is 0. The first-order valence-electron chi connectivity index (χ1n) is 5.56. The molecule has 0 fully saturated rings. The number of oxime groups is 1. The first-order valence-corrected chi connectivity index (χ1v) is 6.44. The highest BCUT2D eigenvalue weighted by Crippen LogP contribution is 2.27. The van der Waals surface area contributed by atoms with Crippen molar-refractivity contribution in [3.05, 3.63) is 12.2 Å². The lowest BCUT2D eigenvalue weighted by atomic mass is 10.0. The fraction of sp³-hybridized carbons (Fsp3) is 0.600. The maximum absolute atomic E-state index is 9.07. The zero-order chi connectivity index (χ0) is 12.1. The fourth-order valence-electron chi connectivity index (χ4n) is 1.73. The molecule has 1 heterocycles. The van der Waals surface area contributed by atoms with Crippen LogP contribution in [0.15, 0.2) is 22.5 Å². The highest BCUT2D eigenvalue weighted by Gasteiger charge is 2.21. The van der Waals surface area contributed by atoms with Crippen LogP contribution >= 0.6 is 11.8 Å². The number of hydrogen-bond acceptors (Lipinski definition) is 6. The van der Waals surface area contributed by atoms with E-state index in [1.165, 1.54) is 0 Å². The zero-order valence-electron chi connectivity index (χ0n) is 9.65. The summed E-state index contributed by atoms with van der Waals surface area (Å²) < 4.78 is 1.63. The van der Waals surface area contributed by atoms with Crippen LogP contribution in [-0.2, 0) is 7.05 Å². The van der Waals surface area contributed by atoms with E-state index in [1.807, 2.05) is 0 Å². The Labute approximate surface area is 104 Å². The molecule has 1 aromatic heterocycles. The third kappa shape index (κ3) is 3.06. The minimum Gasteiger partial charge on any atom is -0.411 e. The SMILES string of the molecule is Cn1nnnc1SC1CC/C=C\CC/C1=N/O. The second kappa shape index (κ2) is 5.81. The maximum Gasteiger partial charge on any atom is 0.209 e. The number of aryl methyl sites for hydroxylation is 1. The van der Waals surface area contributed by atoms with Gasteiger partial charge in [-0.15, -0.1) is 5.10 Å². The van der Waals surface area contributed by atoms with E-state index >= 15 is 0 Å². The Hall–Kier alpha value is -1.37. The second-order valence-electron chi connectivity index (χ2n) is 3.87. The van der Waals surface area contributed by atoms with Crippen LogP contribution in [0.5, 0.6) is 0 Å². The van der Waals surface area contributed by atoms with Crippen molar-refractivity contribution < 1.29 is 5.21 Å². The Morgan fingerprint density at radius 3 is 3.00 bits per heavy atom. The standard InChI is InChI=1S/C10H15N5OS/c1-15-10(11-13-14-15)17-9-7-5-3-2-4-6-8(9)12-16/h2-3,9,16H,4-7H2,1H3/b3-2-,12-8-. The van der Waals surface area contributed by atoms with Gasteiger partial charge in [-0.3, -0.25) is 0 Å². The van der Waals surface area contributed by atoms with Gasteiger partial charge in [0.25, 0.3) is 0 Å². The molecule has 1 N–H and O–H groups in total. The van der Waals surface area contributed by atoms with E-state index in [4.69, 9.17) is 5.21 Å². The largest absolute Gasteiger partial charge is 0.411 e. The summed E-state index contributed by atoms with van der Waals surface area (Å²) in [6, 6.07) is 0. The van der Waals surface area contributed by atoms with Crippen molar-refractivity contribution in [3.8, 4) is 0 Å². The summed E-state index contributed by atoms with van der Waals surface area (Å²) in [7, 11) is 1.81. The highest BCUT2D eigenvalue weighted by molar-refractivity contribution is 8.00. The third-order valence-electron chi connectivity index (χ3n) is 2.66. The van der Waals surface area contributed by atoms with Crippen molar-refractivity contribution in [1.82, 2.24) is 20.2 Å². The molecule has 0 spiro atoms. The van der Waals surface area contributed by atoms with Gasteiger partial charge in [0.1, 0.15) is 0 Å². The van der Waals surface area contributed by atoms with E-state index < -0.39 is 0 Å². The second-order valence-corrected chi connectivity index (χ2v) is 5.04. The molecule has 0 radical (unpaired) electrons. The molecule has 0 saturated heterocycles. The van der Waals surface area contributed by atoms with Gasteiger partial charge in [-0.1, -0.05) is 29.1 Å². The van der Waals surface area contributed by atoms with Crippen LogP contribution in [0.25, 0.3) is 0 Å². The molecule has 2 rings (SSSR count). The summed E-state index contributed by atoms with van der Waals surface area (Å²) in [5.41, 5.74) is 0.822. The topological polar surface area (TPSA) is 76.2 Å². The Morgan fingerprint density at radius 1 is 1.47 bits per heavy atom. The Bertz CT molecular complexity index is 428. The minimum atomic E-state index is 0.148. The van der Waals surface area contributed by atoms with Gasteiger partial charge in [0.05, 0.1) is 11.0 Å². The van der Waals surface area contributed by atoms with Crippen LogP contribution in [0.4, 0.5) is 0 Å². The Morgan fingerprint density at radius 2 is 2.29 bits per heavy atom. The molecule has 6 nitrogen and oxygen atoms in total. The average molecular weight is 253 g/mol. The monoisotopic (exact) mass is 253 g/mol. The van der Waals surface area contributed by atoms with Crippen molar-refractivity contribution in [2.24, 2.45) is 12.2 Å². The van der Waals surface area contributed by atoms with Crippen LogP contribution < -0.4 is 0 Å². The summed E-state index contributed by atoms with van der Waals surface area (Å²) in [6.45, 7) is 0. The number of thioether (sulfide) groups is 1. The molecular weight excluding hydrogens is 238 g/mol. The average Bonchev–Trinajstić information content (AvgIpc) is 2.69. The molecule has 0 amide bonds. The molecule has 7 heteroatoms. The molecule has 1 aliphatic rings. The highest BCUT2D eigenvalue weighted by atomic mass is 32.2. The van der Waals surface area contributed by atoms with Gasteiger partial charge < -0.3 is 5.21 Å². The van der Waals surface area contributed by atoms with E-state index in [1.54, 1.807) is 23.5 Å². The van der Waals surface area contributed by atoms with E-state index in [-0.39, 0.29) is 5.25 Å². The summed E-state index contributed by atoms with van der Waals surface area (Å²) in [5, 5.41) is 24.7. The fourth-order valence-corrected chi connectivity index (χ4v) is 2.81. The zero-order valence-corrected chi connectivity index (χ0v) is 10.5. The van der Waals surface area contributed by atoms with E-state index in [0.29, 0.717) is 0 Å². The van der Waals surface area contributed by atoms with Gasteiger partial charge >= 0.3 is 0 Å². The van der Waals surface area contributed by atoms with Crippen molar-refractivity contribution in [2.75, 3.05) is 0 Å². The molecule has 17 heavy (non-hydrogen) atoms. The van der Waals surface area contributed by atoms with Crippen molar-refractivity contribution >= 4 is 17.5 Å². The van der Waals surface area contributed by atoms with E-state index in [2.05, 4.69) is 32.8 Å². The molecule has 1 aromatic rings. The smallest absolute Gasteiger partial charge is 0.209 e. The van der Waals surface area contributed by atoms with Crippen LogP contribution in [0.1, 0.15) is 25.7 Å². The first-order chi connectivity index (χ1) is 8.31. The predicted octanol–water partition coefficient (Wildman–Crippen LogP) is 1.63. The number of nitrogens with zero attached hydrogens (tertiary/aromatic N) is 5. The van der Waals surface area contributed by atoms with Gasteiger partial charge in [0.15, 0.2) is 0 Å². The summed E-state index contributed by atoms with van der Waals surface area (Å²) in [6.07, 6.45) is 7.95. The van der Waals surface area contributed by atoms with E-state index in [9.17, 15) is 0 Å². The van der Waals surface area contributed by atoms with Crippen LogP contribution in [-0.4, -0.2) is 36.4 Å². The molecule has 1 aliphatic carbocycles. The van der Waals surface area contributed by atoms with Gasteiger partial charge in [-0.2, -0.15) is 0 Å². The molecule has 1 unspecified atom stereocenters. The predicted molar refractivity (Wildman–Crippen MR) is 65.3 cm³/mol. The van der Waals surface area contributed by atoms with Crippen LogP contribution in [0.3, 0.4) is 0 Å². The minimum absolute atomic E-state index is 0.148. The van der Waals surface area contributed by atoms with Crippen molar-refractivity contribution in [2.45, 2.75) is 36.1 Å². The Balaban J connectivity index is 2.11. The molecule has 1 atom stereocenters. The number of aromatic nitrogens is 4. The number of hydrogen-bond donors (Lipinski definition) is 1. The number of allylic oxidation sites excluding steroid dienone is 2. The number of tetrazole rings is 1. The van der Waals surface area contributed by atoms with Crippen molar-refractivity contribution in [1.29, 1.82) is 0 Å². The van der Waals surface area contributed by atoms with Crippen molar-refractivity contribution in [3.63, 3.8) is 0 Å². The molecular formula is C10H15N5OS. The van der Waals surface area contributed by atoms with Gasteiger partial charge in [-0.05, 0) is 36.1 Å². The first kappa shape index (κ1) is 12.1. The third-order valence-corrected chi connectivity index (χ3v) is 4.01. The summed E-state index contributed by atoms with van der Waals surface area (Å²) in [4.78, 5) is 0. The molecule has 92 valence electrons. The van der Waals surface area contributed by atoms with Gasteiger partial charge in [0.2, 0.25) is 5.16 Å². The lowest BCUT2D eigenvalue weighted by molar-refractivity contribution is 0.316. The molecule has 0 saturated carbocycles. The van der Waals surface area contributed by atoms with E-state index in [0.717, 1.165) is 36.6 Å². The molecule has 0 aliphatic heterocycles. The van der Waals surface area contributed by atoms with Crippen LogP contribution in [0.2, 0.25) is 0 Å². The number of rotatable bonds is 2. The lowest BCUT2D eigenvalue weighted by Crippen LogP contribution is -2.19. The molecule has 0 bridgehead atoms. The van der Waals surface area contributed by atoms with Gasteiger partial charge in [-0.25, -0.2) is 4.68 Å². The summed E-state index contributed by atoms with van der Waals surface area (Å²) >= 11 is 1.56. The quantitative estimate of drug-likeness (QED) is 0.492. The lowest BCUT2D eigenvalue weighted by Gasteiger charge is -2.17. The maximum atomic E-state index is 9.07. The molecule has 0 aromatic carbocycles. The van der Waals surface area contributed by atoms with Crippen LogP contribution in [0, 0.1) is 0 Å². The normalized spacial score (nSPS) is 25.5. The Kier molecular flexibility index (Phi) is 4.13.